The SMILES string of the molecule is COC(=O)CC1(C(F)(F)F)Nc2c(cccc2[N+](=O)[O-])O1. The smallest absolute Gasteiger partial charge is 0.449 e. The summed E-state index contributed by atoms with van der Waals surface area (Å²) in [6, 6.07) is 3.35. The minimum absolute atomic E-state index is 0.356. The van der Waals surface area contributed by atoms with E-state index in [-0.39, 0.29) is 5.75 Å². The number of fused-ring (bicyclic) bond motifs is 1. The molecule has 1 aromatic carbocycles. The highest BCUT2D eigenvalue weighted by Gasteiger charge is 2.63. The van der Waals surface area contributed by atoms with Crippen LogP contribution in [0.25, 0.3) is 0 Å². The van der Waals surface area contributed by atoms with Crippen LogP contribution in [-0.4, -0.2) is 29.9 Å². The molecule has 1 unspecified atom stereocenters. The molecule has 0 aliphatic carbocycles. The van der Waals surface area contributed by atoms with Crippen LogP contribution in [0, 0.1) is 10.1 Å². The summed E-state index contributed by atoms with van der Waals surface area (Å²) in [5.41, 5.74) is -4.10. The summed E-state index contributed by atoms with van der Waals surface area (Å²) >= 11 is 0. The molecule has 0 spiro atoms. The van der Waals surface area contributed by atoms with Gasteiger partial charge < -0.3 is 14.8 Å². The molecule has 0 saturated heterocycles. The van der Waals surface area contributed by atoms with Gasteiger partial charge in [-0.3, -0.25) is 14.9 Å². The van der Waals surface area contributed by atoms with E-state index in [1.54, 1.807) is 0 Å². The van der Waals surface area contributed by atoms with E-state index in [2.05, 4.69) is 4.74 Å². The third-order valence-corrected chi connectivity index (χ3v) is 2.89. The van der Waals surface area contributed by atoms with Crippen LogP contribution in [0.5, 0.6) is 5.75 Å². The quantitative estimate of drug-likeness (QED) is 0.523. The van der Waals surface area contributed by atoms with Crippen LogP contribution in [0.1, 0.15) is 6.42 Å². The Labute approximate surface area is 115 Å². The van der Waals surface area contributed by atoms with Crippen molar-refractivity contribution in [1.82, 2.24) is 0 Å². The number of para-hydroxylation sites is 1. The molecule has 1 aliphatic heterocycles. The first kappa shape index (κ1) is 14.9. The second-order valence-electron chi connectivity index (χ2n) is 4.21. The van der Waals surface area contributed by atoms with E-state index in [1.807, 2.05) is 5.32 Å². The Bertz CT molecular complexity index is 604. The third-order valence-electron chi connectivity index (χ3n) is 2.89. The van der Waals surface area contributed by atoms with Crippen molar-refractivity contribution in [2.45, 2.75) is 18.3 Å². The topological polar surface area (TPSA) is 90.7 Å². The summed E-state index contributed by atoms with van der Waals surface area (Å²) in [4.78, 5) is 21.2. The van der Waals surface area contributed by atoms with Crippen molar-refractivity contribution < 1.29 is 32.4 Å². The fraction of sp³-hybridized carbons (Fsp3) is 0.364. The molecule has 1 aliphatic rings. The number of anilines is 1. The molecular weight excluding hydrogens is 297 g/mol. The summed E-state index contributed by atoms with van der Waals surface area (Å²) < 4.78 is 48.7. The minimum atomic E-state index is -4.99. The van der Waals surface area contributed by atoms with Gasteiger partial charge in [-0.05, 0) is 6.07 Å². The minimum Gasteiger partial charge on any atom is -0.469 e. The van der Waals surface area contributed by atoms with Crippen molar-refractivity contribution in [2.75, 3.05) is 12.4 Å². The van der Waals surface area contributed by atoms with Crippen LogP contribution >= 0.6 is 0 Å². The molecule has 0 radical (unpaired) electrons. The van der Waals surface area contributed by atoms with Gasteiger partial charge in [-0.1, -0.05) is 6.07 Å². The Balaban J connectivity index is 2.47. The fourth-order valence-corrected chi connectivity index (χ4v) is 1.88. The standard InChI is InChI=1S/C11H9F3N2O5/c1-20-8(17)5-10(11(12,13)14)15-9-6(16(18)19)3-2-4-7(9)21-10/h2-4,15H,5H2,1H3. The van der Waals surface area contributed by atoms with E-state index in [0.717, 1.165) is 19.2 Å². The summed E-state index contributed by atoms with van der Waals surface area (Å²) in [6.07, 6.45) is -6.17. The number of rotatable bonds is 3. The highest BCUT2D eigenvalue weighted by molar-refractivity contribution is 5.77. The molecule has 10 heteroatoms. The summed E-state index contributed by atoms with van der Waals surface area (Å²) in [5.74, 6) is -1.53. The lowest BCUT2D eigenvalue weighted by atomic mass is 10.1. The lowest BCUT2D eigenvalue weighted by molar-refractivity contribution is -0.383. The van der Waals surface area contributed by atoms with Crippen molar-refractivity contribution in [1.29, 1.82) is 0 Å². The van der Waals surface area contributed by atoms with Crippen molar-refractivity contribution in [3.8, 4) is 5.75 Å². The van der Waals surface area contributed by atoms with Gasteiger partial charge in [0, 0.05) is 6.07 Å². The van der Waals surface area contributed by atoms with Gasteiger partial charge in [0.1, 0.15) is 6.42 Å². The van der Waals surface area contributed by atoms with Crippen LogP contribution in [0.15, 0.2) is 18.2 Å². The number of halogens is 3. The molecule has 0 saturated carbocycles. The van der Waals surface area contributed by atoms with Gasteiger partial charge in [-0.25, -0.2) is 0 Å². The largest absolute Gasteiger partial charge is 0.469 e. The van der Waals surface area contributed by atoms with Gasteiger partial charge in [0.15, 0.2) is 11.4 Å². The van der Waals surface area contributed by atoms with Gasteiger partial charge in [0.25, 0.3) is 11.4 Å². The monoisotopic (exact) mass is 306 g/mol. The molecular formula is C11H9F3N2O5. The van der Waals surface area contributed by atoms with Gasteiger partial charge in [0.05, 0.1) is 12.0 Å². The van der Waals surface area contributed by atoms with E-state index in [9.17, 15) is 28.1 Å². The highest BCUT2D eigenvalue weighted by atomic mass is 19.4. The van der Waals surface area contributed by atoms with E-state index in [1.165, 1.54) is 6.07 Å². The molecule has 0 bridgehead atoms. The molecule has 0 fully saturated rings. The van der Waals surface area contributed by atoms with Crippen LogP contribution in [-0.2, 0) is 9.53 Å². The number of nitro benzene ring substituents is 1. The first-order valence-corrected chi connectivity index (χ1v) is 5.58. The Kier molecular flexibility index (Phi) is 3.39. The lowest BCUT2D eigenvalue weighted by Crippen LogP contribution is -2.55. The Morgan fingerprint density at radius 2 is 2.19 bits per heavy atom. The fourth-order valence-electron chi connectivity index (χ4n) is 1.88. The van der Waals surface area contributed by atoms with Gasteiger partial charge in [-0.2, -0.15) is 13.2 Å². The number of methoxy groups -OCH3 is 1. The van der Waals surface area contributed by atoms with Gasteiger partial charge >= 0.3 is 12.1 Å². The van der Waals surface area contributed by atoms with Crippen LogP contribution < -0.4 is 10.1 Å². The predicted octanol–water partition coefficient (Wildman–Crippen LogP) is 2.22. The van der Waals surface area contributed by atoms with E-state index >= 15 is 0 Å². The number of esters is 1. The van der Waals surface area contributed by atoms with Crippen molar-refractivity contribution in [3.63, 3.8) is 0 Å². The number of nitrogens with zero attached hydrogens (tertiary/aromatic N) is 1. The molecule has 0 amide bonds. The lowest BCUT2D eigenvalue weighted by Gasteiger charge is -2.30. The van der Waals surface area contributed by atoms with E-state index in [4.69, 9.17) is 4.74 Å². The number of benzene rings is 1. The van der Waals surface area contributed by atoms with Crippen molar-refractivity contribution >= 4 is 17.3 Å². The number of ether oxygens (including phenoxy) is 2. The van der Waals surface area contributed by atoms with Crippen LogP contribution in [0.2, 0.25) is 0 Å². The summed E-state index contributed by atoms with van der Waals surface area (Å²) in [7, 11) is 0.928. The van der Waals surface area contributed by atoms with Gasteiger partial charge in [-0.15, -0.1) is 0 Å². The maximum absolute atomic E-state index is 13.2. The van der Waals surface area contributed by atoms with Gasteiger partial charge in [0.2, 0.25) is 0 Å². The molecule has 21 heavy (non-hydrogen) atoms. The molecule has 7 nitrogen and oxygen atoms in total. The number of carbonyl (C=O) groups is 1. The average Bonchev–Trinajstić information content (AvgIpc) is 2.76. The number of carbonyl (C=O) groups excluding carboxylic acids is 1. The molecule has 1 atom stereocenters. The maximum atomic E-state index is 13.2. The van der Waals surface area contributed by atoms with Crippen LogP contribution in [0.4, 0.5) is 24.5 Å². The Morgan fingerprint density at radius 3 is 2.71 bits per heavy atom. The first-order chi connectivity index (χ1) is 9.70. The number of hydrogen-bond acceptors (Lipinski definition) is 6. The molecule has 1 N–H and O–H groups in total. The number of alkyl halides is 3. The number of nitrogens with one attached hydrogen (secondary N) is 1. The average molecular weight is 306 g/mol. The first-order valence-electron chi connectivity index (χ1n) is 5.58. The number of nitro groups is 1. The molecule has 114 valence electrons. The van der Waals surface area contributed by atoms with E-state index < -0.39 is 40.6 Å². The molecule has 1 aromatic rings. The normalized spacial score (nSPS) is 20.2. The zero-order valence-corrected chi connectivity index (χ0v) is 10.6. The van der Waals surface area contributed by atoms with E-state index in [0.29, 0.717) is 0 Å². The zero-order valence-electron chi connectivity index (χ0n) is 10.6. The Morgan fingerprint density at radius 1 is 1.52 bits per heavy atom. The molecule has 1 heterocycles. The summed E-state index contributed by atoms with van der Waals surface area (Å²) in [6.45, 7) is 0. The summed E-state index contributed by atoms with van der Waals surface area (Å²) in [5, 5.41) is 12.8. The highest BCUT2D eigenvalue weighted by Crippen LogP contribution is 2.49. The van der Waals surface area contributed by atoms with Crippen molar-refractivity contribution in [3.05, 3.63) is 28.3 Å². The zero-order chi connectivity index (χ0) is 15.8. The Hall–Kier alpha value is -2.52. The second kappa shape index (κ2) is 4.79. The van der Waals surface area contributed by atoms with Crippen LogP contribution in [0.3, 0.4) is 0 Å². The molecule has 0 aromatic heterocycles. The maximum Gasteiger partial charge on any atom is 0.449 e. The number of hydrogen-bond donors (Lipinski definition) is 1. The molecule has 2 rings (SSSR count). The van der Waals surface area contributed by atoms with Crippen molar-refractivity contribution in [2.24, 2.45) is 0 Å². The predicted molar refractivity (Wildman–Crippen MR) is 62.8 cm³/mol. The third kappa shape index (κ3) is 2.43. The second-order valence-corrected chi connectivity index (χ2v) is 4.21.